The second kappa shape index (κ2) is 6.35. The van der Waals surface area contributed by atoms with Gasteiger partial charge in [0.2, 0.25) is 0 Å². The highest BCUT2D eigenvalue weighted by Crippen LogP contribution is 2.18. The van der Waals surface area contributed by atoms with Crippen molar-refractivity contribution < 1.29 is 17.5 Å². The van der Waals surface area contributed by atoms with E-state index in [0.717, 1.165) is 5.56 Å². The van der Waals surface area contributed by atoms with Crippen LogP contribution in [0, 0.1) is 5.82 Å². The molecule has 0 N–H and O–H groups in total. The van der Waals surface area contributed by atoms with Crippen LogP contribution in [0.15, 0.2) is 18.2 Å². The van der Waals surface area contributed by atoms with E-state index in [2.05, 4.69) is 15.9 Å². The molecule has 0 aliphatic carbocycles. The van der Waals surface area contributed by atoms with Crippen LogP contribution >= 0.6 is 15.9 Å². The van der Waals surface area contributed by atoms with Gasteiger partial charge in [0, 0.05) is 17.1 Å². The number of alkyl halides is 1. The molecule has 0 aliphatic heterocycles. The lowest BCUT2D eigenvalue weighted by molar-refractivity contribution is 0.338. The number of sulfone groups is 1. The van der Waals surface area contributed by atoms with E-state index in [4.69, 9.17) is 4.74 Å². The van der Waals surface area contributed by atoms with Crippen LogP contribution in [0.2, 0.25) is 0 Å². The van der Waals surface area contributed by atoms with Gasteiger partial charge in [-0.05, 0) is 17.7 Å². The average molecular weight is 325 g/mol. The number of halogens is 2. The van der Waals surface area contributed by atoms with E-state index in [9.17, 15) is 12.8 Å². The van der Waals surface area contributed by atoms with Crippen LogP contribution in [0.3, 0.4) is 0 Å². The van der Waals surface area contributed by atoms with Gasteiger partial charge in [-0.3, -0.25) is 0 Å². The maximum absolute atomic E-state index is 13.1. The molecular weight excluding hydrogens is 311 g/mol. The fourth-order valence-electron chi connectivity index (χ4n) is 1.21. The standard InChI is InChI=1S/C11H14BrFO3S/c1-2-17(14,15)4-3-16-11-6-9(8-12)5-10(13)7-11/h5-7H,2-4,8H2,1H3. The molecular formula is C11H14BrFO3S. The van der Waals surface area contributed by atoms with Crippen molar-refractivity contribution >= 4 is 25.8 Å². The van der Waals surface area contributed by atoms with E-state index >= 15 is 0 Å². The molecule has 0 radical (unpaired) electrons. The smallest absolute Gasteiger partial charge is 0.153 e. The Morgan fingerprint density at radius 3 is 2.65 bits per heavy atom. The molecule has 0 saturated carbocycles. The van der Waals surface area contributed by atoms with Gasteiger partial charge in [-0.25, -0.2) is 12.8 Å². The van der Waals surface area contributed by atoms with Crippen LogP contribution in [0.1, 0.15) is 12.5 Å². The Labute approximate surface area is 109 Å². The molecule has 1 rings (SSSR count). The van der Waals surface area contributed by atoms with Crippen molar-refractivity contribution in [2.75, 3.05) is 18.1 Å². The van der Waals surface area contributed by atoms with E-state index in [-0.39, 0.29) is 18.1 Å². The predicted octanol–water partition coefficient (Wildman–Crippen LogP) is 2.53. The third-order valence-electron chi connectivity index (χ3n) is 2.19. The van der Waals surface area contributed by atoms with Crippen LogP contribution < -0.4 is 4.74 Å². The first-order chi connectivity index (χ1) is 7.96. The molecule has 0 saturated heterocycles. The van der Waals surface area contributed by atoms with Gasteiger partial charge in [0.25, 0.3) is 0 Å². The highest BCUT2D eigenvalue weighted by Gasteiger charge is 2.08. The van der Waals surface area contributed by atoms with Crippen molar-refractivity contribution in [3.05, 3.63) is 29.6 Å². The molecule has 6 heteroatoms. The van der Waals surface area contributed by atoms with E-state index in [1.54, 1.807) is 13.0 Å². The van der Waals surface area contributed by atoms with Crippen LogP contribution in [-0.2, 0) is 15.2 Å². The normalized spacial score (nSPS) is 11.5. The summed E-state index contributed by atoms with van der Waals surface area (Å²) in [6, 6.07) is 4.31. The zero-order valence-corrected chi connectivity index (χ0v) is 11.9. The maximum atomic E-state index is 13.1. The summed E-state index contributed by atoms with van der Waals surface area (Å²) in [6.45, 7) is 1.63. The summed E-state index contributed by atoms with van der Waals surface area (Å²) in [7, 11) is -3.04. The van der Waals surface area contributed by atoms with Crippen molar-refractivity contribution in [1.82, 2.24) is 0 Å². The Balaban J connectivity index is 2.61. The summed E-state index contributed by atoms with van der Waals surface area (Å²) in [5.74, 6) is -0.00317. The SMILES string of the molecule is CCS(=O)(=O)CCOc1cc(F)cc(CBr)c1. The lowest BCUT2D eigenvalue weighted by atomic mass is 10.2. The average Bonchev–Trinajstić information content (AvgIpc) is 2.28. The van der Waals surface area contributed by atoms with Crippen LogP contribution in [0.25, 0.3) is 0 Å². The largest absolute Gasteiger partial charge is 0.492 e. The van der Waals surface area contributed by atoms with E-state index in [0.29, 0.717) is 11.1 Å². The Morgan fingerprint density at radius 2 is 2.06 bits per heavy atom. The lowest BCUT2D eigenvalue weighted by Crippen LogP contribution is -2.15. The van der Waals surface area contributed by atoms with Gasteiger partial charge in [0.05, 0.1) is 5.75 Å². The highest BCUT2D eigenvalue weighted by molar-refractivity contribution is 9.08. The summed E-state index contributed by atoms with van der Waals surface area (Å²) in [4.78, 5) is 0. The van der Waals surface area contributed by atoms with E-state index < -0.39 is 15.7 Å². The van der Waals surface area contributed by atoms with E-state index in [1.807, 2.05) is 0 Å². The fourth-order valence-corrected chi connectivity index (χ4v) is 2.16. The summed E-state index contributed by atoms with van der Waals surface area (Å²) in [5.41, 5.74) is 0.748. The van der Waals surface area contributed by atoms with Gasteiger partial charge in [-0.1, -0.05) is 22.9 Å². The van der Waals surface area contributed by atoms with Gasteiger partial charge in [0.1, 0.15) is 18.2 Å². The molecule has 96 valence electrons. The lowest BCUT2D eigenvalue weighted by Gasteiger charge is -2.07. The molecule has 0 aromatic heterocycles. The number of rotatable bonds is 6. The molecule has 1 aromatic carbocycles. The first-order valence-electron chi connectivity index (χ1n) is 5.15. The molecule has 0 fully saturated rings. The molecule has 0 bridgehead atoms. The quantitative estimate of drug-likeness (QED) is 0.755. The highest BCUT2D eigenvalue weighted by atomic mass is 79.9. The van der Waals surface area contributed by atoms with Crippen LogP contribution in [0.5, 0.6) is 5.75 Å². The minimum absolute atomic E-state index is 0.0430. The summed E-state index contributed by atoms with van der Waals surface area (Å²) >= 11 is 3.22. The molecule has 0 unspecified atom stereocenters. The second-order valence-electron chi connectivity index (χ2n) is 3.51. The molecule has 1 aromatic rings. The third-order valence-corrected chi connectivity index (χ3v) is 4.50. The third kappa shape index (κ3) is 5.04. The van der Waals surface area contributed by atoms with Gasteiger partial charge >= 0.3 is 0 Å². The van der Waals surface area contributed by atoms with Crippen LogP contribution in [0.4, 0.5) is 4.39 Å². The molecule has 0 atom stereocenters. The Bertz CT molecular complexity index is 474. The molecule has 0 spiro atoms. The Kier molecular flexibility index (Phi) is 5.39. The van der Waals surface area contributed by atoms with Crippen molar-refractivity contribution in [1.29, 1.82) is 0 Å². The summed E-state index contributed by atoms with van der Waals surface area (Å²) in [5, 5.41) is 0.522. The first kappa shape index (κ1) is 14.4. The molecule has 0 aliphatic rings. The fraction of sp³-hybridized carbons (Fsp3) is 0.455. The monoisotopic (exact) mass is 324 g/mol. The zero-order chi connectivity index (χ0) is 12.9. The minimum Gasteiger partial charge on any atom is -0.492 e. The molecule has 3 nitrogen and oxygen atoms in total. The van der Waals surface area contributed by atoms with Crippen molar-refractivity contribution in [3.8, 4) is 5.75 Å². The zero-order valence-electron chi connectivity index (χ0n) is 9.45. The topological polar surface area (TPSA) is 43.4 Å². The van der Waals surface area contributed by atoms with Crippen molar-refractivity contribution in [2.24, 2.45) is 0 Å². The van der Waals surface area contributed by atoms with E-state index in [1.165, 1.54) is 12.1 Å². The Morgan fingerprint density at radius 1 is 1.35 bits per heavy atom. The first-order valence-corrected chi connectivity index (χ1v) is 8.10. The number of hydrogen-bond acceptors (Lipinski definition) is 3. The predicted molar refractivity (Wildman–Crippen MR) is 68.9 cm³/mol. The van der Waals surface area contributed by atoms with Gasteiger partial charge in [-0.15, -0.1) is 0 Å². The molecule has 17 heavy (non-hydrogen) atoms. The number of hydrogen-bond donors (Lipinski definition) is 0. The number of benzene rings is 1. The van der Waals surface area contributed by atoms with Crippen LogP contribution in [-0.4, -0.2) is 26.5 Å². The van der Waals surface area contributed by atoms with Gasteiger partial charge < -0.3 is 4.74 Å². The minimum atomic E-state index is -3.04. The van der Waals surface area contributed by atoms with Gasteiger partial charge in [-0.2, -0.15) is 0 Å². The van der Waals surface area contributed by atoms with Gasteiger partial charge in [0.15, 0.2) is 9.84 Å². The molecule has 0 heterocycles. The maximum Gasteiger partial charge on any atom is 0.153 e. The number of ether oxygens (including phenoxy) is 1. The second-order valence-corrected chi connectivity index (χ2v) is 6.55. The summed E-state index contributed by atoms with van der Waals surface area (Å²) < 4.78 is 40.8. The van der Waals surface area contributed by atoms with Crippen molar-refractivity contribution in [2.45, 2.75) is 12.3 Å². The Hall–Kier alpha value is -0.620. The molecule has 0 amide bonds. The van der Waals surface area contributed by atoms with Crippen molar-refractivity contribution in [3.63, 3.8) is 0 Å². The summed E-state index contributed by atoms with van der Waals surface area (Å²) in [6.07, 6.45) is 0.